The van der Waals surface area contributed by atoms with Crippen molar-refractivity contribution in [2.45, 2.75) is 13.3 Å². The van der Waals surface area contributed by atoms with E-state index in [1.165, 1.54) is 16.6 Å². The van der Waals surface area contributed by atoms with E-state index in [0.29, 0.717) is 25.2 Å². The summed E-state index contributed by atoms with van der Waals surface area (Å²) in [7, 11) is -3.28. The van der Waals surface area contributed by atoms with Gasteiger partial charge < -0.3 is 9.88 Å². The summed E-state index contributed by atoms with van der Waals surface area (Å²) in [6, 6.07) is 11.0. The van der Waals surface area contributed by atoms with Crippen molar-refractivity contribution in [3.8, 4) is 11.3 Å². The molecule has 0 atom stereocenters. The number of hydrogen-bond acceptors (Lipinski definition) is 4. The normalized spacial score (nSPS) is 16.1. The Morgan fingerprint density at radius 1 is 1.07 bits per heavy atom. The van der Waals surface area contributed by atoms with Crippen molar-refractivity contribution in [3.05, 3.63) is 57.9 Å². The fraction of sp³-hybridized carbons (Fsp3) is 0.368. The standard InChI is InChI=1S/C19H23N3O4S/c1-14-5-3-6-15(13-14)17-8-7-16(18(23)20-17)19(24)21-9-4-10-22(12-11-21)27(2,25)26/h3,5-8,13H,4,9-12H2,1-2H3,(H,20,23). The minimum absolute atomic E-state index is 0.0687. The Balaban J connectivity index is 1.80. The molecule has 1 aliphatic heterocycles. The fourth-order valence-corrected chi connectivity index (χ4v) is 4.10. The quantitative estimate of drug-likeness (QED) is 0.860. The number of rotatable bonds is 3. The zero-order valence-electron chi connectivity index (χ0n) is 15.4. The molecule has 0 unspecified atom stereocenters. The second-order valence-corrected chi connectivity index (χ2v) is 8.77. The Morgan fingerprint density at radius 2 is 1.85 bits per heavy atom. The number of aromatic nitrogens is 1. The number of sulfonamides is 1. The second-order valence-electron chi connectivity index (χ2n) is 6.79. The summed E-state index contributed by atoms with van der Waals surface area (Å²) in [5, 5.41) is 0. The van der Waals surface area contributed by atoms with Crippen molar-refractivity contribution in [2.75, 3.05) is 32.4 Å². The highest BCUT2D eigenvalue weighted by Crippen LogP contribution is 2.17. The molecule has 2 heterocycles. The number of nitrogens with one attached hydrogen (secondary N) is 1. The highest BCUT2D eigenvalue weighted by Gasteiger charge is 2.25. The number of nitrogens with zero attached hydrogens (tertiary/aromatic N) is 2. The Labute approximate surface area is 158 Å². The molecule has 144 valence electrons. The van der Waals surface area contributed by atoms with Crippen LogP contribution in [0.3, 0.4) is 0 Å². The zero-order valence-corrected chi connectivity index (χ0v) is 16.3. The lowest BCUT2D eigenvalue weighted by molar-refractivity contribution is 0.0762. The van der Waals surface area contributed by atoms with Gasteiger partial charge in [-0.3, -0.25) is 9.59 Å². The maximum atomic E-state index is 12.8. The third-order valence-electron chi connectivity index (χ3n) is 4.68. The van der Waals surface area contributed by atoms with E-state index < -0.39 is 15.6 Å². The first-order chi connectivity index (χ1) is 12.8. The van der Waals surface area contributed by atoms with Crippen molar-refractivity contribution in [3.63, 3.8) is 0 Å². The molecule has 1 fully saturated rings. The van der Waals surface area contributed by atoms with Gasteiger partial charge in [0, 0.05) is 31.9 Å². The monoisotopic (exact) mass is 389 g/mol. The van der Waals surface area contributed by atoms with Gasteiger partial charge in [-0.05, 0) is 37.1 Å². The van der Waals surface area contributed by atoms with Crippen LogP contribution in [-0.2, 0) is 10.0 Å². The maximum Gasteiger partial charge on any atom is 0.261 e. The number of aryl methyl sites for hydroxylation is 1. The smallest absolute Gasteiger partial charge is 0.261 e. The minimum atomic E-state index is -3.28. The molecule has 0 aliphatic carbocycles. The molecule has 7 nitrogen and oxygen atoms in total. The summed E-state index contributed by atoms with van der Waals surface area (Å²) < 4.78 is 24.8. The van der Waals surface area contributed by atoms with Gasteiger partial charge in [-0.25, -0.2) is 12.7 Å². The van der Waals surface area contributed by atoms with Crippen LogP contribution in [0, 0.1) is 6.92 Å². The first-order valence-electron chi connectivity index (χ1n) is 8.80. The largest absolute Gasteiger partial charge is 0.337 e. The molecule has 0 saturated carbocycles. The van der Waals surface area contributed by atoms with Gasteiger partial charge in [0.1, 0.15) is 5.56 Å². The lowest BCUT2D eigenvalue weighted by Gasteiger charge is -2.20. The van der Waals surface area contributed by atoms with Crippen LogP contribution in [0.1, 0.15) is 22.3 Å². The van der Waals surface area contributed by atoms with Gasteiger partial charge in [-0.2, -0.15) is 0 Å². The Morgan fingerprint density at radius 3 is 2.52 bits per heavy atom. The Bertz CT molecular complexity index is 1010. The third kappa shape index (κ3) is 4.45. The number of benzene rings is 1. The number of amides is 1. The van der Waals surface area contributed by atoms with E-state index >= 15 is 0 Å². The first kappa shape index (κ1) is 19.3. The molecule has 3 rings (SSSR count). The number of aromatic amines is 1. The predicted molar refractivity (Wildman–Crippen MR) is 104 cm³/mol. The van der Waals surface area contributed by atoms with Crippen LogP contribution < -0.4 is 5.56 Å². The Hall–Kier alpha value is -2.45. The van der Waals surface area contributed by atoms with Crippen LogP contribution >= 0.6 is 0 Å². The molecule has 1 N–H and O–H groups in total. The van der Waals surface area contributed by atoms with Crippen LogP contribution in [0.4, 0.5) is 0 Å². The summed E-state index contributed by atoms with van der Waals surface area (Å²) in [4.78, 5) is 29.6. The van der Waals surface area contributed by atoms with E-state index in [0.717, 1.165) is 11.1 Å². The van der Waals surface area contributed by atoms with Gasteiger partial charge in [-0.1, -0.05) is 23.8 Å². The summed E-state index contributed by atoms with van der Waals surface area (Å²) in [5.41, 5.74) is 2.24. The highest BCUT2D eigenvalue weighted by molar-refractivity contribution is 7.88. The van der Waals surface area contributed by atoms with Gasteiger partial charge in [0.2, 0.25) is 10.0 Å². The average Bonchev–Trinajstić information content (AvgIpc) is 2.87. The molecule has 27 heavy (non-hydrogen) atoms. The second kappa shape index (κ2) is 7.66. The molecule has 2 aromatic rings. The van der Waals surface area contributed by atoms with Gasteiger partial charge >= 0.3 is 0 Å². The molecule has 1 aliphatic rings. The number of carbonyl (C=O) groups is 1. The molecule has 0 spiro atoms. The van der Waals surface area contributed by atoms with Gasteiger partial charge in [0.25, 0.3) is 11.5 Å². The van der Waals surface area contributed by atoms with Crippen molar-refractivity contribution in [1.29, 1.82) is 0 Å². The summed E-state index contributed by atoms with van der Waals surface area (Å²) >= 11 is 0. The van der Waals surface area contributed by atoms with E-state index in [9.17, 15) is 18.0 Å². The summed E-state index contributed by atoms with van der Waals surface area (Å²) in [6.07, 6.45) is 1.71. The fourth-order valence-electron chi connectivity index (χ4n) is 3.22. The Kier molecular flexibility index (Phi) is 5.48. The van der Waals surface area contributed by atoms with Crippen LogP contribution in [0.5, 0.6) is 0 Å². The molecular formula is C19H23N3O4S. The minimum Gasteiger partial charge on any atom is -0.337 e. The first-order valence-corrected chi connectivity index (χ1v) is 10.7. The topological polar surface area (TPSA) is 90.6 Å². The molecule has 1 aromatic heterocycles. The van der Waals surface area contributed by atoms with E-state index in [-0.39, 0.29) is 24.6 Å². The SMILES string of the molecule is Cc1cccc(-c2ccc(C(=O)N3CCCN(S(C)(=O)=O)CC3)c(=O)[nH]2)c1. The van der Waals surface area contributed by atoms with E-state index in [1.54, 1.807) is 11.0 Å². The predicted octanol–water partition coefficient (Wildman–Crippen LogP) is 1.46. The van der Waals surface area contributed by atoms with Gasteiger partial charge in [-0.15, -0.1) is 0 Å². The number of hydrogen-bond donors (Lipinski definition) is 1. The van der Waals surface area contributed by atoms with E-state index in [1.807, 2.05) is 31.2 Å². The molecule has 0 radical (unpaired) electrons. The molecule has 1 aromatic carbocycles. The lowest BCUT2D eigenvalue weighted by Crippen LogP contribution is -2.38. The van der Waals surface area contributed by atoms with E-state index in [4.69, 9.17) is 0 Å². The molecule has 1 saturated heterocycles. The van der Waals surface area contributed by atoms with Crippen LogP contribution in [0.15, 0.2) is 41.2 Å². The third-order valence-corrected chi connectivity index (χ3v) is 5.98. The lowest BCUT2D eigenvalue weighted by atomic mass is 10.1. The highest BCUT2D eigenvalue weighted by atomic mass is 32.2. The molecular weight excluding hydrogens is 366 g/mol. The van der Waals surface area contributed by atoms with Gasteiger partial charge in [0.15, 0.2) is 0 Å². The number of H-pyrrole nitrogens is 1. The van der Waals surface area contributed by atoms with Crippen LogP contribution in [0.2, 0.25) is 0 Å². The van der Waals surface area contributed by atoms with Crippen molar-refractivity contribution < 1.29 is 13.2 Å². The number of pyridine rings is 1. The molecule has 8 heteroatoms. The molecule has 0 bridgehead atoms. The van der Waals surface area contributed by atoms with E-state index in [2.05, 4.69) is 4.98 Å². The summed E-state index contributed by atoms with van der Waals surface area (Å²) in [6.45, 7) is 3.28. The van der Waals surface area contributed by atoms with Gasteiger partial charge in [0.05, 0.1) is 6.26 Å². The molecule has 1 amide bonds. The van der Waals surface area contributed by atoms with Crippen LogP contribution in [-0.4, -0.2) is 60.9 Å². The summed E-state index contributed by atoms with van der Waals surface area (Å²) in [5.74, 6) is -0.373. The van der Waals surface area contributed by atoms with Crippen molar-refractivity contribution in [1.82, 2.24) is 14.2 Å². The van der Waals surface area contributed by atoms with Crippen molar-refractivity contribution in [2.24, 2.45) is 0 Å². The number of carbonyl (C=O) groups excluding carboxylic acids is 1. The maximum absolute atomic E-state index is 12.8. The average molecular weight is 389 g/mol. The van der Waals surface area contributed by atoms with Crippen molar-refractivity contribution >= 4 is 15.9 Å². The zero-order chi connectivity index (χ0) is 19.6. The van der Waals surface area contributed by atoms with Crippen LogP contribution in [0.25, 0.3) is 11.3 Å².